The Hall–Kier alpha value is -2.82. The molecule has 1 aliphatic carbocycles. The van der Waals surface area contributed by atoms with Crippen LogP contribution in [0.1, 0.15) is 59.1 Å². The van der Waals surface area contributed by atoms with Gasteiger partial charge in [-0.15, -0.1) is 0 Å². The van der Waals surface area contributed by atoms with Gasteiger partial charge in [0.2, 0.25) is 0 Å². The van der Waals surface area contributed by atoms with Crippen LogP contribution in [0.4, 0.5) is 0 Å². The third-order valence-electron chi connectivity index (χ3n) is 5.98. The summed E-state index contributed by atoms with van der Waals surface area (Å²) in [6.45, 7) is 5.94. The van der Waals surface area contributed by atoms with E-state index >= 15 is 0 Å². The summed E-state index contributed by atoms with van der Waals surface area (Å²) in [4.78, 5) is 11.8. The van der Waals surface area contributed by atoms with Gasteiger partial charge < -0.3 is 5.73 Å². The van der Waals surface area contributed by atoms with Crippen molar-refractivity contribution in [3.8, 4) is 11.1 Å². The SMILES string of the molecule is Cc1nn2c(C(C)C)c(C(N)=O)ccc2c1-c1cc(Cl)cc(Cl)c1.c1ccc2c(c1)CCC2. The second-order valence-electron chi connectivity index (χ2n) is 8.69. The Kier molecular flexibility index (Phi) is 6.78. The van der Waals surface area contributed by atoms with Gasteiger partial charge in [0.25, 0.3) is 5.91 Å². The molecule has 0 saturated heterocycles. The molecule has 170 valence electrons. The zero-order valence-electron chi connectivity index (χ0n) is 19.0. The van der Waals surface area contributed by atoms with Crippen LogP contribution in [0.2, 0.25) is 10.0 Å². The first-order chi connectivity index (χ1) is 15.8. The largest absolute Gasteiger partial charge is 0.366 e. The van der Waals surface area contributed by atoms with Crippen molar-refractivity contribution in [1.29, 1.82) is 0 Å². The highest BCUT2D eigenvalue weighted by molar-refractivity contribution is 6.35. The van der Waals surface area contributed by atoms with Crippen LogP contribution in [-0.4, -0.2) is 15.5 Å². The van der Waals surface area contributed by atoms with E-state index in [0.29, 0.717) is 15.6 Å². The quantitative estimate of drug-likeness (QED) is 0.343. The number of nitrogens with two attached hydrogens (primary N) is 1. The summed E-state index contributed by atoms with van der Waals surface area (Å²) in [5.41, 5.74) is 13.5. The van der Waals surface area contributed by atoms with E-state index in [2.05, 4.69) is 29.4 Å². The second kappa shape index (κ2) is 9.58. The predicted octanol–water partition coefficient (Wildman–Crippen LogP) is 7.01. The number of halogens is 2. The van der Waals surface area contributed by atoms with Crippen LogP contribution >= 0.6 is 23.2 Å². The van der Waals surface area contributed by atoms with Gasteiger partial charge in [0.05, 0.1) is 22.5 Å². The maximum atomic E-state index is 11.8. The average molecular weight is 480 g/mol. The molecule has 2 aromatic carbocycles. The molecule has 1 amide bonds. The number of nitrogens with zero attached hydrogens (tertiary/aromatic N) is 2. The van der Waals surface area contributed by atoms with Crippen molar-refractivity contribution in [3.05, 3.63) is 92.7 Å². The molecule has 6 heteroatoms. The number of aromatic nitrogens is 2. The van der Waals surface area contributed by atoms with Crippen molar-refractivity contribution in [2.75, 3.05) is 0 Å². The standard InChI is InChI=1S/C18H17Cl2N3O.C9H10/c1-9(2)17-14(18(21)24)4-5-15-16(10(3)22-23(15)17)11-6-12(19)8-13(20)7-11;1-2-5-9-7-3-6-8(9)4-1/h4-9H,1-3H3,(H2,21,24);1-2,4-5H,3,6-7H2. The van der Waals surface area contributed by atoms with E-state index in [9.17, 15) is 4.79 Å². The smallest absolute Gasteiger partial charge is 0.250 e. The minimum absolute atomic E-state index is 0.0892. The highest BCUT2D eigenvalue weighted by Gasteiger charge is 2.20. The molecule has 0 atom stereocenters. The Morgan fingerprint density at radius 1 is 1.00 bits per heavy atom. The van der Waals surface area contributed by atoms with Crippen molar-refractivity contribution in [2.45, 2.75) is 46.0 Å². The first-order valence-electron chi connectivity index (χ1n) is 11.1. The molecule has 1 aliphatic rings. The van der Waals surface area contributed by atoms with Gasteiger partial charge >= 0.3 is 0 Å². The lowest BCUT2D eigenvalue weighted by Gasteiger charge is -2.13. The van der Waals surface area contributed by atoms with Gasteiger partial charge in [0, 0.05) is 15.6 Å². The number of rotatable bonds is 3. The molecule has 0 aliphatic heterocycles. The van der Waals surface area contributed by atoms with E-state index in [1.165, 1.54) is 19.3 Å². The highest BCUT2D eigenvalue weighted by Crippen LogP contribution is 2.34. The highest BCUT2D eigenvalue weighted by atomic mass is 35.5. The number of carbonyl (C=O) groups excluding carboxylic acids is 1. The monoisotopic (exact) mass is 479 g/mol. The van der Waals surface area contributed by atoms with Gasteiger partial charge in [-0.2, -0.15) is 5.10 Å². The molecule has 2 aromatic heterocycles. The summed E-state index contributed by atoms with van der Waals surface area (Å²) < 4.78 is 1.80. The number of benzene rings is 2. The van der Waals surface area contributed by atoms with Gasteiger partial charge in [-0.05, 0) is 79.1 Å². The average Bonchev–Trinajstić information content (AvgIpc) is 3.35. The summed E-state index contributed by atoms with van der Waals surface area (Å²) >= 11 is 12.3. The first kappa shape index (κ1) is 23.3. The number of hydrogen-bond acceptors (Lipinski definition) is 2. The number of carbonyl (C=O) groups is 1. The zero-order valence-corrected chi connectivity index (χ0v) is 20.5. The van der Waals surface area contributed by atoms with Crippen molar-refractivity contribution >= 4 is 34.6 Å². The van der Waals surface area contributed by atoms with Crippen LogP contribution < -0.4 is 5.73 Å². The number of fused-ring (bicyclic) bond motifs is 2. The van der Waals surface area contributed by atoms with Gasteiger partial charge in [0.15, 0.2) is 0 Å². The fourth-order valence-electron chi connectivity index (χ4n) is 4.58. The molecular weight excluding hydrogens is 453 g/mol. The Labute approximate surface area is 204 Å². The molecule has 2 heterocycles. The molecule has 4 aromatic rings. The minimum Gasteiger partial charge on any atom is -0.366 e. The maximum Gasteiger partial charge on any atom is 0.250 e. The third kappa shape index (κ3) is 4.78. The fourth-order valence-corrected chi connectivity index (χ4v) is 5.10. The topological polar surface area (TPSA) is 60.4 Å². The number of primary amides is 1. The molecule has 0 fully saturated rings. The molecule has 4 nitrogen and oxygen atoms in total. The molecule has 5 rings (SSSR count). The Balaban J connectivity index is 0.000000238. The first-order valence-corrected chi connectivity index (χ1v) is 11.9. The summed E-state index contributed by atoms with van der Waals surface area (Å²) in [7, 11) is 0. The van der Waals surface area contributed by atoms with Crippen molar-refractivity contribution in [3.63, 3.8) is 0 Å². The Bertz CT molecular complexity index is 1300. The van der Waals surface area contributed by atoms with Crippen LogP contribution in [0.5, 0.6) is 0 Å². The van der Waals surface area contributed by atoms with E-state index in [-0.39, 0.29) is 5.92 Å². The van der Waals surface area contributed by atoms with Gasteiger partial charge in [-0.1, -0.05) is 61.3 Å². The van der Waals surface area contributed by atoms with Crippen LogP contribution in [0.3, 0.4) is 0 Å². The van der Waals surface area contributed by atoms with Crippen molar-refractivity contribution in [1.82, 2.24) is 9.61 Å². The second-order valence-corrected chi connectivity index (χ2v) is 9.56. The van der Waals surface area contributed by atoms with Crippen molar-refractivity contribution in [2.24, 2.45) is 5.73 Å². The lowest BCUT2D eigenvalue weighted by atomic mass is 10.0. The predicted molar refractivity (Wildman–Crippen MR) is 136 cm³/mol. The molecule has 33 heavy (non-hydrogen) atoms. The molecular formula is C27H27Cl2N3O. The summed E-state index contributed by atoms with van der Waals surface area (Å²) in [6, 6.07) is 17.8. The van der Waals surface area contributed by atoms with E-state index < -0.39 is 5.91 Å². The minimum atomic E-state index is -0.457. The van der Waals surface area contributed by atoms with E-state index in [1.54, 1.807) is 27.8 Å². The molecule has 0 radical (unpaired) electrons. The summed E-state index contributed by atoms with van der Waals surface area (Å²) in [5, 5.41) is 5.76. The summed E-state index contributed by atoms with van der Waals surface area (Å²) in [5.74, 6) is -0.368. The number of pyridine rings is 1. The third-order valence-corrected chi connectivity index (χ3v) is 6.42. The number of aryl methyl sites for hydroxylation is 3. The Morgan fingerprint density at radius 2 is 1.61 bits per heavy atom. The molecule has 0 bridgehead atoms. The maximum absolute atomic E-state index is 11.8. The molecule has 0 saturated carbocycles. The van der Waals surface area contributed by atoms with Gasteiger partial charge in [0.1, 0.15) is 0 Å². The number of hydrogen-bond donors (Lipinski definition) is 1. The van der Waals surface area contributed by atoms with Crippen molar-refractivity contribution < 1.29 is 4.79 Å². The fraction of sp³-hybridized carbons (Fsp3) is 0.259. The van der Waals surface area contributed by atoms with Crippen LogP contribution in [0.25, 0.3) is 16.6 Å². The Morgan fingerprint density at radius 3 is 2.15 bits per heavy atom. The number of amides is 1. The van der Waals surface area contributed by atoms with Crippen LogP contribution in [0, 0.1) is 6.92 Å². The van der Waals surface area contributed by atoms with Gasteiger partial charge in [-0.25, -0.2) is 4.52 Å². The lowest BCUT2D eigenvalue weighted by Crippen LogP contribution is -2.17. The zero-order chi connectivity index (χ0) is 23.7. The summed E-state index contributed by atoms with van der Waals surface area (Å²) in [6.07, 6.45) is 3.96. The molecule has 0 spiro atoms. The van der Waals surface area contributed by atoms with E-state index in [4.69, 9.17) is 28.9 Å². The normalized spacial score (nSPS) is 12.5. The van der Waals surface area contributed by atoms with Crippen LogP contribution in [-0.2, 0) is 12.8 Å². The van der Waals surface area contributed by atoms with Crippen LogP contribution in [0.15, 0.2) is 54.6 Å². The molecule has 0 unspecified atom stereocenters. The van der Waals surface area contributed by atoms with E-state index in [0.717, 1.165) is 28.0 Å². The molecule has 2 N–H and O–H groups in total. The van der Waals surface area contributed by atoms with E-state index in [1.807, 2.05) is 39.0 Å². The van der Waals surface area contributed by atoms with Gasteiger partial charge in [-0.3, -0.25) is 4.79 Å². The lowest BCUT2D eigenvalue weighted by molar-refractivity contribution is 0.0998.